The van der Waals surface area contributed by atoms with Crippen molar-refractivity contribution in [3.8, 4) is 0 Å². The van der Waals surface area contributed by atoms with Gasteiger partial charge in [-0.15, -0.1) is 0 Å². The predicted octanol–water partition coefficient (Wildman–Crippen LogP) is 1.88. The molecule has 0 amide bonds. The summed E-state index contributed by atoms with van der Waals surface area (Å²) in [5, 5.41) is 0. The average Bonchev–Trinajstić information content (AvgIpc) is 2.46. The number of anilines is 1. The first kappa shape index (κ1) is 14.2. The number of hydrogen-bond acceptors (Lipinski definition) is 4. The number of sulfonamides is 1. The lowest BCUT2D eigenvalue weighted by molar-refractivity contribution is 0.112. The Hall–Kier alpha value is -2.21. The summed E-state index contributed by atoms with van der Waals surface area (Å²) in [5.74, 6) is -0.0602. The number of aryl methyl sites for hydroxylation is 1. The standard InChI is InChI=1S/C14H14N2O3S/c17-11-12-4-3-6-14(10-12)16-20(18,19)9-7-13-5-1-2-8-15-13/h1-6,8,10-11,16H,7,9H2. The number of carbonyl (C=O) groups excluding carboxylic acids is 1. The second-order valence-electron chi connectivity index (χ2n) is 4.24. The minimum Gasteiger partial charge on any atom is -0.298 e. The Bertz CT molecular complexity index is 685. The van der Waals surface area contributed by atoms with Crippen molar-refractivity contribution in [3.05, 3.63) is 59.9 Å². The topological polar surface area (TPSA) is 76.1 Å². The fourth-order valence-electron chi connectivity index (χ4n) is 1.69. The van der Waals surface area contributed by atoms with Crippen LogP contribution in [-0.4, -0.2) is 25.4 Å². The number of nitrogens with one attached hydrogen (secondary N) is 1. The molecule has 0 spiro atoms. The summed E-state index contributed by atoms with van der Waals surface area (Å²) in [6.07, 6.45) is 2.64. The lowest BCUT2D eigenvalue weighted by Gasteiger charge is -2.08. The number of benzene rings is 1. The number of aldehydes is 1. The molecule has 2 aromatic rings. The maximum Gasteiger partial charge on any atom is 0.233 e. The third-order valence-electron chi connectivity index (χ3n) is 2.65. The van der Waals surface area contributed by atoms with Crippen LogP contribution in [-0.2, 0) is 16.4 Å². The number of nitrogens with zero attached hydrogens (tertiary/aromatic N) is 1. The summed E-state index contributed by atoms with van der Waals surface area (Å²) in [6, 6.07) is 11.7. The van der Waals surface area contributed by atoms with Crippen LogP contribution in [0.2, 0.25) is 0 Å². The van der Waals surface area contributed by atoms with Crippen molar-refractivity contribution in [3.63, 3.8) is 0 Å². The number of pyridine rings is 1. The van der Waals surface area contributed by atoms with Gasteiger partial charge in [0, 0.05) is 29.6 Å². The molecule has 104 valence electrons. The largest absolute Gasteiger partial charge is 0.298 e. The highest BCUT2D eigenvalue weighted by Crippen LogP contribution is 2.11. The molecule has 0 unspecified atom stereocenters. The van der Waals surface area contributed by atoms with E-state index in [4.69, 9.17) is 0 Å². The Morgan fingerprint density at radius 1 is 1.15 bits per heavy atom. The van der Waals surface area contributed by atoms with E-state index in [2.05, 4.69) is 9.71 Å². The number of rotatable bonds is 6. The summed E-state index contributed by atoms with van der Waals surface area (Å²) in [4.78, 5) is 14.7. The summed E-state index contributed by atoms with van der Waals surface area (Å²) in [7, 11) is -3.46. The third-order valence-corrected chi connectivity index (χ3v) is 3.94. The van der Waals surface area contributed by atoms with E-state index in [-0.39, 0.29) is 5.75 Å². The van der Waals surface area contributed by atoms with Crippen LogP contribution >= 0.6 is 0 Å². The molecule has 2 rings (SSSR count). The van der Waals surface area contributed by atoms with Gasteiger partial charge in [-0.25, -0.2) is 8.42 Å². The molecule has 0 bridgehead atoms. The molecule has 20 heavy (non-hydrogen) atoms. The zero-order valence-electron chi connectivity index (χ0n) is 10.7. The van der Waals surface area contributed by atoms with E-state index >= 15 is 0 Å². The highest BCUT2D eigenvalue weighted by molar-refractivity contribution is 7.92. The highest BCUT2D eigenvalue weighted by atomic mass is 32.2. The molecule has 0 aliphatic rings. The van der Waals surface area contributed by atoms with Crippen LogP contribution < -0.4 is 4.72 Å². The Morgan fingerprint density at radius 2 is 2.00 bits per heavy atom. The van der Waals surface area contributed by atoms with Gasteiger partial charge in [-0.2, -0.15) is 0 Å². The third kappa shape index (κ3) is 4.17. The zero-order chi connectivity index (χ0) is 14.4. The van der Waals surface area contributed by atoms with Gasteiger partial charge in [0.25, 0.3) is 0 Å². The molecule has 0 fully saturated rings. The molecule has 5 nitrogen and oxygen atoms in total. The van der Waals surface area contributed by atoms with Crippen molar-refractivity contribution >= 4 is 22.0 Å². The van der Waals surface area contributed by atoms with E-state index in [9.17, 15) is 13.2 Å². The monoisotopic (exact) mass is 290 g/mol. The first-order valence-corrected chi connectivity index (χ1v) is 7.70. The molecule has 0 aliphatic heterocycles. The van der Waals surface area contributed by atoms with Crippen molar-refractivity contribution in [1.82, 2.24) is 4.98 Å². The smallest absolute Gasteiger partial charge is 0.233 e. The normalized spacial score (nSPS) is 11.0. The maximum atomic E-state index is 11.9. The molecule has 0 saturated carbocycles. The fourth-order valence-corrected chi connectivity index (χ4v) is 2.76. The summed E-state index contributed by atoms with van der Waals surface area (Å²) < 4.78 is 26.3. The van der Waals surface area contributed by atoms with Crippen LogP contribution in [0, 0.1) is 0 Å². The van der Waals surface area contributed by atoms with Crippen LogP contribution in [0.4, 0.5) is 5.69 Å². The maximum absolute atomic E-state index is 11.9. The van der Waals surface area contributed by atoms with Gasteiger partial charge >= 0.3 is 0 Å². The lowest BCUT2D eigenvalue weighted by atomic mass is 10.2. The van der Waals surface area contributed by atoms with Crippen LogP contribution in [0.15, 0.2) is 48.7 Å². The minimum atomic E-state index is -3.46. The van der Waals surface area contributed by atoms with Crippen molar-refractivity contribution in [1.29, 1.82) is 0 Å². The summed E-state index contributed by atoms with van der Waals surface area (Å²) >= 11 is 0. The molecule has 6 heteroatoms. The SMILES string of the molecule is O=Cc1cccc(NS(=O)(=O)CCc2ccccn2)c1. The molecule has 0 radical (unpaired) electrons. The molecule has 0 saturated heterocycles. The van der Waals surface area contributed by atoms with Gasteiger partial charge in [0.1, 0.15) is 6.29 Å². The average molecular weight is 290 g/mol. The molecule has 1 heterocycles. The van der Waals surface area contributed by atoms with Gasteiger partial charge in [0.2, 0.25) is 10.0 Å². The molecular weight excluding hydrogens is 276 g/mol. The van der Waals surface area contributed by atoms with Crippen molar-refractivity contribution in [2.24, 2.45) is 0 Å². The molecular formula is C14H14N2O3S. The van der Waals surface area contributed by atoms with Crippen molar-refractivity contribution < 1.29 is 13.2 Å². The Kier molecular flexibility index (Phi) is 4.47. The number of hydrogen-bond donors (Lipinski definition) is 1. The van der Waals surface area contributed by atoms with Gasteiger partial charge < -0.3 is 0 Å². The van der Waals surface area contributed by atoms with Crippen molar-refractivity contribution in [2.75, 3.05) is 10.5 Å². The minimum absolute atomic E-state index is 0.0602. The molecule has 1 aromatic carbocycles. The quantitative estimate of drug-likeness (QED) is 0.824. The molecule has 1 N–H and O–H groups in total. The Balaban J connectivity index is 2.02. The van der Waals surface area contributed by atoms with E-state index < -0.39 is 10.0 Å². The summed E-state index contributed by atoms with van der Waals surface area (Å²) in [5.41, 5.74) is 1.53. The van der Waals surface area contributed by atoms with E-state index in [1.165, 1.54) is 6.07 Å². The van der Waals surface area contributed by atoms with E-state index in [1.807, 2.05) is 6.07 Å². The molecule has 1 aromatic heterocycles. The van der Waals surface area contributed by atoms with Gasteiger partial charge in [-0.1, -0.05) is 18.2 Å². The number of aromatic nitrogens is 1. The zero-order valence-corrected chi connectivity index (χ0v) is 11.5. The van der Waals surface area contributed by atoms with Crippen LogP contribution in [0.1, 0.15) is 16.1 Å². The number of carbonyl (C=O) groups is 1. The van der Waals surface area contributed by atoms with Crippen LogP contribution in [0.5, 0.6) is 0 Å². The van der Waals surface area contributed by atoms with E-state index in [0.29, 0.717) is 24.0 Å². The Labute approximate surface area is 117 Å². The first-order valence-electron chi connectivity index (χ1n) is 6.05. The van der Waals surface area contributed by atoms with Crippen LogP contribution in [0.3, 0.4) is 0 Å². The Morgan fingerprint density at radius 3 is 2.70 bits per heavy atom. The van der Waals surface area contributed by atoms with Crippen LogP contribution in [0.25, 0.3) is 0 Å². The lowest BCUT2D eigenvalue weighted by Crippen LogP contribution is -2.18. The van der Waals surface area contributed by atoms with Gasteiger partial charge in [-0.05, 0) is 24.3 Å². The molecule has 0 aliphatic carbocycles. The fraction of sp³-hybridized carbons (Fsp3) is 0.143. The first-order chi connectivity index (χ1) is 9.59. The molecule has 0 atom stereocenters. The van der Waals surface area contributed by atoms with Crippen molar-refractivity contribution in [2.45, 2.75) is 6.42 Å². The predicted molar refractivity (Wildman–Crippen MR) is 77.2 cm³/mol. The highest BCUT2D eigenvalue weighted by Gasteiger charge is 2.11. The second-order valence-corrected chi connectivity index (χ2v) is 6.08. The van der Waals surface area contributed by atoms with E-state index in [0.717, 1.165) is 5.69 Å². The van der Waals surface area contributed by atoms with Gasteiger partial charge in [-0.3, -0.25) is 14.5 Å². The van der Waals surface area contributed by atoms with Gasteiger partial charge in [0.05, 0.1) is 5.75 Å². The van der Waals surface area contributed by atoms with E-state index in [1.54, 1.807) is 36.5 Å². The summed E-state index contributed by atoms with van der Waals surface area (Å²) in [6.45, 7) is 0. The van der Waals surface area contributed by atoms with Gasteiger partial charge in [0.15, 0.2) is 0 Å². The second kappa shape index (κ2) is 6.29.